The SMILES string of the molecule is COC(=O)CCNC(=O)CCC1CCNC1.Cl. The van der Waals surface area contributed by atoms with E-state index in [1.54, 1.807) is 0 Å². The van der Waals surface area contributed by atoms with Crippen LogP contribution in [0.4, 0.5) is 0 Å². The Balaban J connectivity index is 0.00000256. The Kier molecular flexibility index (Phi) is 8.80. The zero-order valence-corrected chi connectivity index (χ0v) is 11.0. The quantitative estimate of drug-likeness (QED) is 0.685. The molecule has 0 aromatic heterocycles. The molecule has 1 atom stereocenters. The van der Waals surface area contributed by atoms with E-state index in [-0.39, 0.29) is 30.7 Å². The predicted octanol–water partition coefficient (Wildman–Crippen LogP) is 0.477. The summed E-state index contributed by atoms with van der Waals surface area (Å²) in [5.41, 5.74) is 0. The summed E-state index contributed by atoms with van der Waals surface area (Å²) in [7, 11) is 1.34. The third-order valence-electron chi connectivity index (χ3n) is 2.82. The van der Waals surface area contributed by atoms with Crippen LogP contribution in [0.2, 0.25) is 0 Å². The zero-order valence-electron chi connectivity index (χ0n) is 10.2. The van der Waals surface area contributed by atoms with Crippen molar-refractivity contribution < 1.29 is 14.3 Å². The number of methoxy groups -OCH3 is 1. The number of carbonyl (C=O) groups excluding carboxylic acids is 2. The summed E-state index contributed by atoms with van der Waals surface area (Å²) in [5, 5.41) is 5.98. The van der Waals surface area contributed by atoms with Gasteiger partial charge in [0, 0.05) is 13.0 Å². The number of halogens is 1. The molecule has 17 heavy (non-hydrogen) atoms. The first kappa shape index (κ1) is 16.2. The molecule has 1 aliphatic rings. The maximum absolute atomic E-state index is 11.4. The Morgan fingerprint density at radius 1 is 1.41 bits per heavy atom. The third-order valence-corrected chi connectivity index (χ3v) is 2.82. The molecule has 2 N–H and O–H groups in total. The Morgan fingerprint density at radius 3 is 2.76 bits per heavy atom. The minimum absolute atomic E-state index is 0. The Labute approximate surface area is 108 Å². The van der Waals surface area contributed by atoms with Crippen molar-refractivity contribution >= 4 is 24.3 Å². The van der Waals surface area contributed by atoms with Crippen LogP contribution in [-0.4, -0.2) is 38.6 Å². The minimum atomic E-state index is -0.291. The summed E-state index contributed by atoms with van der Waals surface area (Å²) in [6.07, 6.45) is 2.88. The van der Waals surface area contributed by atoms with Crippen molar-refractivity contribution in [3.8, 4) is 0 Å². The fourth-order valence-electron chi connectivity index (χ4n) is 1.79. The number of rotatable bonds is 6. The molecule has 1 heterocycles. The molecule has 5 nitrogen and oxygen atoms in total. The second kappa shape index (κ2) is 9.24. The van der Waals surface area contributed by atoms with Crippen molar-refractivity contribution in [2.24, 2.45) is 5.92 Å². The molecule has 1 rings (SSSR count). The molecule has 0 spiro atoms. The summed E-state index contributed by atoms with van der Waals surface area (Å²) in [6, 6.07) is 0. The van der Waals surface area contributed by atoms with Crippen molar-refractivity contribution in [2.45, 2.75) is 25.7 Å². The number of hydrogen-bond donors (Lipinski definition) is 2. The number of nitrogens with one attached hydrogen (secondary N) is 2. The van der Waals surface area contributed by atoms with E-state index < -0.39 is 0 Å². The van der Waals surface area contributed by atoms with Crippen LogP contribution in [0.25, 0.3) is 0 Å². The monoisotopic (exact) mass is 264 g/mol. The molecule has 0 aromatic rings. The first-order valence-corrected chi connectivity index (χ1v) is 5.76. The van der Waals surface area contributed by atoms with Gasteiger partial charge < -0.3 is 15.4 Å². The normalized spacial score (nSPS) is 18.3. The van der Waals surface area contributed by atoms with Gasteiger partial charge in [-0.25, -0.2) is 0 Å². The summed E-state index contributed by atoms with van der Waals surface area (Å²) >= 11 is 0. The van der Waals surface area contributed by atoms with Crippen molar-refractivity contribution in [1.29, 1.82) is 0 Å². The lowest BCUT2D eigenvalue weighted by Gasteiger charge is -2.08. The van der Waals surface area contributed by atoms with Crippen LogP contribution >= 0.6 is 12.4 Å². The molecule has 6 heteroatoms. The van der Waals surface area contributed by atoms with Gasteiger partial charge in [0.1, 0.15) is 0 Å². The van der Waals surface area contributed by atoms with Crippen LogP contribution < -0.4 is 10.6 Å². The second-order valence-corrected chi connectivity index (χ2v) is 4.07. The van der Waals surface area contributed by atoms with Gasteiger partial charge in [0.15, 0.2) is 0 Å². The first-order chi connectivity index (χ1) is 7.72. The highest BCUT2D eigenvalue weighted by Crippen LogP contribution is 2.13. The molecule has 1 aliphatic heterocycles. The van der Waals surface area contributed by atoms with E-state index in [4.69, 9.17) is 0 Å². The molecule has 0 radical (unpaired) electrons. The van der Waals surface area contributed by atoms with Crippen molar-refractivity contribution in [1.82, 2.24) is 10.6 Å². The number of carbonyl (C=O) groups is 2. The molecule has 0 saturated carbocycles. The summed E-state index contributed by atoms with van der Waals surface area (Å²) in [4.78, 5) is 22.2. The Hall–Kier alpha value is -0.810. The lowest BCUT2D eigenvalue weighted by Crippen LogP contribution is -2.26. The van der Waals surface area contributed by atoms with Crippen LogP contribution in [0.1, 0.15) is 25.7 Å². The van der Waals surface area contributed by atoms with E-state index in [0.717, 1.165) is 25.9 Å². The van der Waals surface area contributed by atoms with Crippen molar-refractivity contribution in [3.05, 3.63) is 0 Å². The van der Waals surface area contributed by atoms with Gasteiger partial charge in [0.05, 0.1) is 13.5 Å². The molecule has 1 fully saturated rings. The predicted molar refractivity (Wildman–Crippen MR) is 67.1 cm³/mol. The van der Waals surface area contributed by atoms with Crippen LogP contribution in [0.15, 0.2) is 0 Å². The second-order valence-electron chi connectivity index (χ2n) is 4.07. The van der Waals surface area contributed by atoms with E-state index in [0.29, 0.717) is 18.9 Å². The van der Waals surface area contributed by atoms with E-state index in [1.807, 2.05) is 0 Å². The molecule has 1 amide bonds. The summed E-state index contributed by atoms with van der Waals surface area (Å²) in [5.74, 6) is 0.363. The van der Waals surface area contributed by atoms with Crippen LogP contribution in [0, 0.1) is 5.92 Å². The van der Waals surface area contributed by atoms with E-state index in [2.05, 4.69) is 15.4 Å². The zero-order chi connectivity index (χ0) is 11.8. The van der Waals surface area contributed by atoms with Crippen molar-refractivity contribution in [2.75, 3.05) is 26.7 Å². The lowest BCUT2D eigenvalue weighted by atomic mass is 10.0. The van der Waals surface area contributed by atoms with Gasteiger partial charge in [0.2, 0.25) is 5.91 Å². The Bertz CT molecular complexity index is 243. The van der Waals surface area contributed by atoms with Gasteiger partial charge in [-0.05, 0) is 31.8 Å². The third kappa shape index (κ3) is 7.18. The van der Waals surface area contributed by atoms with Gasteiger partial charge in [-0.3, -0.25) is 9.59 Å². The minimum Gasteiger partial charge on any atom is -0.469 e. The average molecular weight is 265 g/mol. The molecule has 1 unspecified atom stereocenters. The maximum Gasteiger partial charge on any atom is 0.307 e. The molecule has 0 aromatic carbocycles. The van der Waals surface area contributed by atoms with Crippen molar-refractivity contribution in [3.63, 3.8) is 0 Å². The highest BCUT2D eigenvalue weighted by atomic mass is 35.5. The van der Waals surface area contributed by atoms with Crippen LogP contribution in [0.3, 0.4) is 0 Å². The first-order valence-electron chi connectivity index (χ1n) is 5.76. The molecular formula is C11H21ClN2O3. The summed E-state index contributed by atoms with van der Waals surface area (Å²) < 4.78 is 4.47. The standard InChI is InChI=1S/C11H20N2O3.ClH/c1-16-11(15)5-7-13-10(14)3-2-9-4-6-12-8-9;/h9,12H,2-8H2,1H3,(H,13,14);1H. The van der Waals surface area contributed by atoms with E-state index in [1.165, 1.54) is 7.11 Å². The molecular weight excluding hydrogens is 244 g/mol. The Morgan fingerprint density at radius 2 is 2.18 bits per heavy atom. The highest BCUT2D eigenvalue weighted by molar-refractivity contribution is 5.85. The van der Waals surface area contributed by atoms with Gasteiger partial charge in [-0.2, -0.15) is 0 Å². The van der Waals surface area contributed by atoms with E-state index in [9.17, 15) is 9.59 Å². The molecule has 0 bridgehead atoms. The number of amides is 1. The lowest BCUT2D eigenvalue weighted by molar-refractivity contribution is -0.140. The fraction of sp³-hybridized carbons (Fsp3) is 0.818. The topological polar surface area (TPSA) is 67.4 Å². The van der Waals surface area contributed by atoms with Gasteiger partial charge in [-0.15, -0.1) is 12.4 Å². The van der Waals surface area contributed by atoms with E-state index >= 15 is 0 Å². The average Bonchev–Trinajstić information content (AvgIpc) is 2.79. The largest absolute Gasteiger partial charge is 0.469 e. The van der Waals surface area contributed by atoms with Gasteiger partial charge in [0.25, 0.3) is 0 Å². The molecule has 1 saturated heterocycles. The van der Waals surface area contributed by atoms with Crippen LogP contribution in [-0.2, 0) is 14.3 Å². The number of hydrogen-bond acceptors (Lipinski definition) is 4. The highest BCUT2D eigenvalue weighted by Gasteiger charge is 2.15. The fourth-order valence-corrected chi connectivity index (χ4v) is 1.79. The van der Waals surface area contributed by atoms with Gasteiger partial charge in [-0.1, -0.05) is 0 Å². The molecule has 0 aliphatic carbocycles. The summed E-state index contributed by atoms with van der Waals surface area (Å²) in [6.45, 7) is 2.46. The number of ether oxygens (including phenoxy) is 1. The number of esters is 1. The van der Waals surface area contributed by atoms with Gasteiger partial charge >= 0.3 is 5.97 Å². The smallest absolute Gasteiger partial charge is 0.307 e. The maximum atomic E-state index is 11.4. The molecule has 100 valence electrons. The van der Waals surface area contributed by atoms with Crippen LogP contribution in [0.5, 0.6) is 0 Å².